The summed E-state index contributed by atoms with van der Waals surface area (Å²) < 4.78 is 24.8. The van der Waals surface area contributed by atoms with Crippen LogP contribution in [0.4, 0.5) is 4.39 Å². The maximum absolute atomic E-state index is 13.5. The van der Waals surface area contributed by atoms with E-state index in [-0.39, 0.29) is 23.5 Å². The molecule has 32 heavy (non-hydrogen) atoms. The van der Waals surface area contributed by atoms with Crippen molar-refractivity contribution in [3.8, 4) is 11.3 Å². The molecule has 0 spiro atoms. The SMILES string of the molecule is O=C(c1cc(-c2cccc(F)c2)no1)N1CCC[C@H]1c1ncc(Cc2ccccc2Cl)o1. The van der Waals surface area contributed by atoms with Gasteiger partial charge in [0.05, 0.1) is 6.20 Å². The molecule has 1 aliphatic rings. The van der Waals surface area contributed by atoms with Crippen LogP contribution in [0.15, 0.2) is 69.7 Å². The number of carbonyl (C=O) groups excluding carboxylic acids is 1. The first-order chi connectivity index (χ1) is 15.6. The molecule has 1 aliphatic heterocycles. The van der Waals surface area contributed by atoms with E-state index in [1.165, 1.54) is 18.2 Å². The van der Waals surface area contributed by atoms with Crippen LogP contribution in [0.1, 0.15) is 46.7 Å². The number of nitrogens with zero attached hydrogens (tertiary/aromatic N) is 3. The number of halogens is 2. The van der Waals surface area contributed by atoms with Gasteiger partial charge in [0.15, 0.2) is 0 Å². The number of hydrogen-bond acceptors (Lipinski definition) is 5. The van der Waals surface area contributed by atoms with E-state index in [1.54, 1.807) is 23.2 Å². The molecule has 3 heterocycles. The molecule has 1 amide bonds. The van der Waals surface area contributed by atoms with Gasteiger partial charge in [0.25, 0.3) is 5.91 Å². The Morgan fingerprint density at radius 1 is 1.19 bits per heavy atom. The Labute approximate surface area is 188 Å². The van der Waals surface area contributed by atoms with Crippen LogP contribution in [0.3, 0.4) is 0 Å². The number of aromatic nitrogens is 2. The second-order valence-electron chi connectivity index (χ2n) is 7.68. The first-order valence-electron chi connectivity index (χ1n) is 10.3. The predicted molar refractivity (Wildman–Crippen MR) is 116 cm³/mol. The second-order valence-corrected chi connectivity index (χ2v) is 8.08. The van der Waals surface area contributed by atoms with Crippen LogP contribution in [0.5, 0.6) is 0 Å². The highest BCUT2D eigenvalue weighted by molar-refractivity contribution is 6.31. The van der Waals surface area contributed by atoms with E-state index < -0.39 is 0 Å². The van der Waals surface area contributed by atoms with Crippen molar-refractivity contribution in [2.75, 3.05) is 6.54 Å². The summed E-state index contributed by atoms with van der Waals surface area (Å²) >= 11 is 6.24. The Hall–Kier alpha value is -3.45. The molecule has 0 unspecified atom stereocenters. The number of carbonyl (C=O) groups is 1. The van der Waals surface area contributed by atoms with Gasteiger partial charge in [0, 0.05) is 29.6 Å². The molecular weight excluding hydrogens is 433 g/mol. The molecule has 0 N–H and O–H groups in total. The number of rotatable bonds is 5. The van der Waals surface area contributed by atoms with E-state index in [4.69, 9.17) is 20.5 Å². The average Bonchev–Trinajstić information content (AvgIpc) is 3.55. The van der Waals surface area contributed by atoms with E-state index in [0.29, 0.717) is 40.9 Å². The van der Waals surface area contributed by atoms with Gasteiger partial charge in [-0.05, 0) is 36.6 Å². The van der Waals surface area contributed by atoms with Crippen molar-refractivity contribution in [1.82, 2.24) is 15.0 Å². The smallest absolute Gasteiger partial charge is 0.293 e. The highest BCUT2D eigenvalue weighted by Crippen LogP contribution is 2.34. The van der Waals surface area contributed by atoms with Gasteiger partial charge < -0.3 is 13.8 Å². The van der Waals surface area contributed by atoms with Crippen LogP contribution in [-0.2, 0) is 6.42 Å². The molecule has 5 rings (SSSR count). The first-order valence-corrected chi connectivity index (χ1v) is 10.7. The summed E-state index contributed by atoms with van der Waals surface area (Å²) in [5.41, 5.74) is 1.90. The lowest BCUT2D eigenvalue weighted by atomic mass is 10.1. The van der Waals surface area contributed by atoms with E-state index in [9.17, 15) is 9.18 Å². The van der Waals surface area contributed by atoms with Crippen LogP contribution in [0.25, 0.3) is 11.3 Å². The highest BCUT2D eigenvalue weighted by Gasteiger charge is 2.35. The molecule has 1 atom stereocenters. The summed E-state index contributed by atoms with van der Waals surface area (Å²) in [7, 11) is 0. The van der Waals surface area contributed by atoms with Crippen molar-refractivity contribution in [2.45, 2.75) is 25.3 Å². The third kappa shape index (κ3) is 4.03. The Balaban J connectivity index is 1.33. The molecule has 4 aromatic rings. The summed E-state index contributed by atoms with van der Waals surface area (Å²) in [5.74, 6) is 0.588. The molecular formula is C24H19ClFN3O3. The van der Waals surface area contributed by atoms with Crippen LogP contribution >= 0.6 is 11.6 Å². The summed E-state index contributed by atoms with van der Waals surface area (Å²) in [6.45, 7) is 0.557. The standard InChI is InChI=1S/C24H19ClFN3O3/c25-19-8-2-1-5-15(19)12-18-14-27-23(31-18)21-9-4-10-29(21)24(30)22-13-20(28-32-22)16-6-3-7-17(26)11-16/h1-3,5-8,11,13-14,21H,4,9-10,12H2/t21-/m0/s1. The highest BCUT2D eigenvalue weighted by atomic mass is 35.5. The zero-order valence-electron chi connectivity index (χ0n) is 17.0. The monoisotopic (exact) mass is 451 g/mol. The third-order valence-electron chi connectivity index (χ3n) is 5.53. The molecule has 0 saturated carbocycles. The minimum absolute atomic E-state index is 0.0963. The third-order valence-corrected chi connectivity index (χ3v) is 5.90. The number of amides is 1. The van der Waals surface area contributed by atoms with Gasteiger partial charge in [-0.1, -0.05) is 47.1 Å². The molecule has 162 valence electrons. The topological polar surface area (TPSA) is 72.4 Å². The second kappa shape index (κ2) is 8.59. The van der Waals surface area contributed by atoms with Gasteiger partial charge >= 0.3 is 0 Å². The summed E-state index contributed by atoms with van der Waals surface area (Å²) in [4.78, 5) is 19.2. The first kappa shape index (κ1) is 20.5. The van der Waals surface area contributed by atoms with Gasteiger partial charge in [-0.15, -0.1) is 0 Å². The fourth-order valence-corrected chi connectivity index (χ4v) is 4.16. The molecule has 0 radical (unpaired) electrons. The number of oxazole rings is 1. The predicted octanol–water partition coefficient (Wildman–Crippen LogP) is 5.69. The van der Waals surface area contributed by atoms with Crippen LogP contribution in [0, 0.1) is 5.82 Å². The Morgan fingerprint density at radius 3 is 2.91 bits per heavy atom. The Kier molecular flexibility index (Phi) is 5.49. The zero-order chi connectivity index (χ0) is 22.1. The Bertz CT molecular complexity index is 1270. The van der Waals surface area contributed by atoms with Crippen molar-refractivity contribution in [3.05, 3.63) is 94.6 Å². The van der Waals surface area contributed by atoms with Crippen LogP contribution in [-0.4, -0.2) is 27.5 Å². The molecule has 6 nitrogen and oxygen atoms in total. The molecule has 2 aromatic carbocycles. The summed E-state index contributed by atoms with van der Waals surface area (Å²) in [6, 6.07) is 14.8. The minimum Gasteiger partial charge on any atom is -0.443 e. The number of likely N-dealkylation sites (tertiary alicyclic amines) is 1. The van der Waals surface area contributed by atoms with Crippen molar-refractivity contribution >= 4 is 17.5 Å². The molecule has 1 fully saturated rings. The van der Waals surface area contributed by atoms with E-state index in [2.05, 4.69) is 10.1 Å². The van der Waals surface area contributed by atoms with E-state index in [0.717, 1.165) is 18.4 Å². The van der Waals surface area contributed by atoms with Gasteiger partial charge in [0.2, 0.25) is 11.7 Å². The van der Waals surface area contributed by atoms with Crippen molar-refractivity contribution in [2.24, 2.45) is 0 Å². The molecule has 0 bridgehead atoms. The molecule has 2 aromatic heterocycles. The fraction of sp³-hybridized carbons (Fsp3) is 0.208. The van der Waals surface area contributed by atoms with Gasteiger partial charge in [-0.3, -0.25) is 4.79 Å². The normalized spacial score (nSPS) is 15.9. The van der Waals surface area contributed by atoms with Crippen molar-refractivity contribution in [3.63, 3.8) is 0 Å². The molecule has 8 heteroatoms. The molecule has 1 saturated heterocycles. The maximum atomic E-state index is 13.5. The van der Waals surface area contributed by atoms with Crippen molar-refractivity contribution in [1.29, 1.82) is 0 Å². The van der Waals surface area contributed by atoms with Crippen LogP contribution < -0.4 is 0 Å². The maximum Gasteiger partial charge on any atom is 0.293 e. The number of benzene rings is 2. The Morgan fingerprint density at radius 2 is 2.06 bits per heavy atom. The van der Waals surface area contributed by atoms with E-state index >= 15 is 0 Å². The van der Waals surface area contributed by atoms with Crippen LogP contribution in [0.2, 0.25) is 5.02 Å². The van der Waals surface area contributed by atoms with Crippen molar-refractivity contribution < 1.29 is 18.1 Å². The minimum atomic E-state index is -0.380. The zero-order valence-corrected chi connectivity index (χ0v) is 17.8. The quantitative estimate of drug-likeness (QED) is 0.389. The molecule has 0 aliphatic carbocycles. The largest absolute Gasteiger partial charge is 0.443 e. The average molecular weight is 452 g/mol. The van der Waals surface area contributed by atoms with Gasteiger partial charge in [-0.2, -0.15) is 0 Å². The summed E-state index contributed by atoms with van der Waals surface area (Å²) in [6.07, 6.45) is 3.76. The van der Waals surface area contributed by atoms with Gasteiger partial charge in [-0.25, -0.2) is 9.37 Å². The fourth-order valence-electron chi connectivity index (χ4n) is 3.96. The van der Waals surface area contributed by atoms with E-state index in [1.807, 2.05) is 24.3 Å². The summed E-state index contributed by atoms with van der Waals surface area (Å²) in [5, 5.41) is 4.61. The lowest BCUT2D eigenvalue weighted by molar-refractivity contribution is 0.0672. The van der Waals surface area contributed by atoms with Gasteiger partial charge in [0.1, 0.15) is 23.3 Å². The number of hydrogen-bond donors (Lipinski definition) is 0. The lowest BCUT2D eigenvalue weighted by Crippen LogP contribution is -2.30. The lowest BCUT2D eigenvalue weighted by Gasteiger charge is -2.20.